The third-order valence-electron chi connectivity index (χ3n) is 12.0. The molecule has 58 heavy (non-hydrogen) atoms. The minimum atomic E-state index is -1.01. The predicted molar refractivity (Wildman–Crippen MR) is 226 cm³/mol. The zero-order valence-electron chi connectivity index (χ0n) is 37.4. The molecular formula is C44H72ClN5O8. The molecule has 1 saturated heterocycles. The number of methoxy groups -OCH3 is 2. The average molecular weight is 835 g/mol. The summed E-state index contributed by atoms with van der Waals surface area (Å²) >= 11 is 6.45. The minimum Gasteiger partial charge on any atom is -0.458 e. The van der Waals surface area contributed by atoms with Crippen molar-refractivity contribution in [2.75, 3.05) is 28.3 Å². The Balaban J connectivity index is 1.84. The summed E-state index contributed by atoms with van der Waals surface area (Å²) in [5, 5.41) is 9.44. The van der Waals surface area contributed by atoms with Gasteiger partial charge in [0.25, 0.3) is 0 Å². The molecule has 1 aromatic carbocycles. The number of carbonyl (C=O) groups is 5. The van der Waals surface area contributed by atoms with Gasteiger partial charge in [0.05, 0.1) is 42.7 Å². The summed E-state index contributed by atoms with van der Waals surface area (Å²) in [6.07, 6.45) is 1.07. The van der Waals surface area contributed by atoms with Crippen LogP contribution in [0.1, 0.15) is 100 Å². The quantitative estimate of drug-likeness (QED) is 0.145. The average Bonchev–Trinajstić information content (AvgIpc) is 3.81. The first-order valence-corrected chi connectivity index (χ1v) is 21.4. The van der Waals surface area contributed by atoms with Gasteiger partial charge < -0.3 is 40.0 Å². The molecule has 3 unspecified atom stereocenters. The van der Waals surface area contributed by atoms with Crippen LogP contribution in [-0.2, 0) is 44.6 Å². The summed E-state index contributed by atoms with van der Waals surface area (Å²) in [7, 11) is 6.55. The van der Waals surface area contributed by atoms with Crippen LogP contribution in [0.3, 0.4) is 0 Å². The third-order valence-corrected chi connectivity index (χ3v) is 12.3. The number of ether oxygens (including phenoxy) is 3. The van der Waals surface area contributed by atoms with Crippen LogP contribution in [-0.4, -0.2) is 122 Å². The molecule has 0 radical (unpaired) electrons. The molecule has 14 heteroatoms. The van der Waals surface area contributed by atoms with E-state index in [2.05, 4.69) is 16.0 Å². The molecule has 3 N–H and O–H groups in total. The Bertz CT molecular complexity index is 1570. The maximum Gasteiger partial charge on any atom is 0.329 e. The van der Waals surface area contributed by atoms with Crippen LogP contribution in [0.2, 0.25) is 5.02 Å². The zero-order chi connectivity index (χ0) is 43.8. The summed E-state index contributed by atoms with van der Waals surface area (Å²) in [5.41, 5.74) is -0.0869. The molecule has 0 spiro atoms. The van der Waals surface area contributed by atoms with Gasteiger partial charge in [-0.2, -0.15) is 0 Å². The normalized spacial score (nSPS) is 21.9. The smallest absolute Gasteiger partial charge is 0.329 e. The minimum absolute atomic E-state index is 0.00624. The zero-order valence-corrected chi connectivity index (χ0v) is 38.1. The number of carbonyl (C=O) groups excluding carboxylic acids is 5. The van der Waals surface area contributed by atoms with Crippen LogP contribution in [0.25, 0.3) is 0 Å². The molecule has 2 aliphatic rings. The standard InChI is InChI=1S/C44H72ClN5O8/c1-15-26(6)38(49(12)42(54)37(25(4)5)48-41(53)36(46-11)24(2)3)34(56-13)23-35(51)50-32-21-29(32)22-33(50)39(57-14)27(7)40(52)47-31(43(55)58-44(8,9)10)20-28-18-16-17-19-30(28)45/h16-19,24-27,29,31-34,36-39,46H,15,20-23H2,1-14H3,(H,47,52)(H,48,53)/t26-,27+,29-,31?,32-,33-,34+,36?,37?,38-,39+/m0/s1. The van der Waals surface area contributed by atoms with Gasteiger partial charge in [-0.1, -0.05) is 84.7 Å². The Labute approximate surface area is 352 Å². The van der Waals surface area contributed by atoms with Gasteiger partial charge in [-0.3, -0.25) is 19.2 Å². The fraction of sp³-hybridized carbons (Fsp3) is 0.750. The van der Waals surface area contributed by atoms with Gasteiger partial charge in [-0.15, -0.1) is 0 Å². The second-order valence-electron chi connectivity index (χ2n) is 18.1. The van der Waals surface area contributed by atoms with Crippen LogP contribution >= 0.6 is 11.6 Å². The van der Waals surface area contributed by atoms with Crippen molar-refractivity contribution in [2.45, 2.75) is 155 Å². The van der Waals surface area contributed by atoms with Crippen LogP contribution in [0.5, 0.6) is 0 Å². The van der Waals surface area contributed by atoms with E-state index in [0.29, 0.717) is 17.0 Å². The van der Waals surface area contributed by atoms with Gasteiger partial charge in [0.2, 0.25) is 23.6 Å². The monoisotopic (exact) mass is 834 g/mol. The predicted octanol–water partition coefficient (Wildman–Crippen LogP) is 5.01. The number of likely N-dealkylation sites (N-methyl/N-ethyl adjacent to an activating group) is 2. The number of likely N-dealkylation sites (tertiary alicyclic amines) is 1. The van der Waals surface area contributed by atoms with Gasteiger partial charge in [-0.05, 0) is 76.0 Å². The Kier molecular flexibility index (Phi) is 18.0. The Morgan fingerprint density at radius 1 is 0.914 bits per heavy atom. The Morgan fingerprint density at radius 3 is 2.05 bits per heavy atom. The second kappa shape index (κ2) is 21.3. The number of esters is 1. The summed E-state index contributed by atoms with van der Waals surface area (Å²) in [6.45, 7) is 18.8. The fourth-order valence-corrected chi connectivity index (χ4v) is 8.72. The summed E-state index contributed by atoms with van der Waals surface area (Å²) in [5.74, 6) is -2.29. The molecule has 2 fully saturated rings. The molecule has 4 amide bonds. The number of hydrogen-bond donors (Lipinski definition) is 3. The van der Waals surface area contributed by atoms with E-state index >= 15 is 0 Å². The number of piperidine rings is 1. The molecule has 0 bridgehead atoms. The lowest BCUT2D eigenvalue weighted by Gasteiger charge is -2.41. The van der Waals surface area contributed by atoms with E-state index in [1.54, 1.807) is 65.9 Å². The van der Waals surface area contributed by atoms with Gasteiger partial charge in [-0.25, -0.2) is 4.79 Å². The van der Waals surface area contributed by atoms with E-state index in [-0.39, 0.29) is 60.3 Å². The van der Waals surface area contributed by atoms with E-state index in [1.165, 1.54) is 7.11 Å². The third kappa shape index (κ3) is 12.4. The number of rotatable bonds is 21. The molecule has 3 rings (SSSR count). The van der Waals surface area contributed by atoms with Crippen molar-refractivity contribution in [1.29, 1.82) is 0 Å². The molecular weight excluding hydrogens is 762 g/mol. The van der Waals surface area contributed by atoms with Crippen molar-refractivity contribution in [3.63, 3.8) is 0 Å². The van der Waals surface area contributed by atoms with Crippen LogP contribution < -0.4 is 16.0 Å². The summed E-state index contributed by atoms with van der Waals surface area (Å²) in [4.78, 5) is 73.0. The van der Waals surface area contributed by atoms with Crippen molar-refractivity contribution in [3.05, 3.63) is 34.9 Å². The van der Waals surface area contributed by atoms with Gasteiger partial charge >= 0.3 is 5.97 Å². The molecule has 328 valence electrons. The highest BCUT2D eigenvalue weighted by Crippen LogP contribution is 2.50. The summed E-state index contributed by atoms with van der Waals surface area (Å²) < 4.78 is 17.8. The maximum atomic E-state index is 14.5. The molecule has 1 aliphatic heterocycles. The van der Waals surface area contributed by atoms with Crippen LogP contribution in [0.15, 0.2) is 24.3 Å². The Morgan fingerprint density at radius 2 is 1.53 bits per heavy atom. The highest BCUT2D eigenvalue weighted by atomic mass is 35.5. The highest BCUT2D eigenvalue weighted by molar-refractivity contribution is 6.31. The van der Waals surface area contributed by atoms with E-state index in [1.807, 2.05) is 58.6 Å². The molecule has 1 aliphatic carbocycles. The van der Waals surface area contributed by atoms with E-state index in [9.17, 15) is 24.0 Å². The van der Waals surface area contributed by atoms with Crippen molar-refractivity contribution in [1.82, 2.24) is 25.8 Å². The first-order valence-electron chi connectivity index (χ1n) is 21.0. The molecule has 11 atom stereocenters. The molecule has 1 saturated carbocycles. The number of benzene rings is 1. The SMILES string of the molecule is CC[C@H](C)[C@@H]([C@@H](CC(=O)N1[C@H]2C[C@H]2C[C@H]1[C@H](OC)[C@@H](C)C(=O)NC(Cc1ccccc1Cl)C(=O)OC(C)(C)C)OC)N(C)C(=O)C(NC(=O)C(NC)C(C)C)C(C)C. The molecule has 1 heterocycles. The molecule has 1 aromatic rings. The lowest BCUT2D eigenvalue weighted by atomic mass is 9.89. The Hall–Kier alpha value is -3.26. The number of fused-ring (bicyclic) bond motifs is 1. The van der Waals surface area contributed by atoms with E-state index in [4.69, 9.17) is 25.8 Å². The molecule has 13 nitrogen and oxygen atoms in total. The van der Waals surface area contributed by atoms with Crippen molar-refractivity contribution in [2.24, 2.45) is 29.6 Å². The van der Waals surface area contributed by atoms with E-state index < -0.39 is 65.8 Å². The van der Waals surface area contributed by atoms with Gasteiger partial charge in [0.1, 0.15) is 17.7 Å². The second-order valence-corrected chi connectivity index (χ2v) is 18.5. The lowest BCUT2D eigenvalue weighted by Crippen LogP contribution is -2.59. The van der Waals surface area contributed by atoms with Crippen molar-refractivity contribution >= 4 is 41.2 Å². The number of nitrogens with one attached hydrogen (secondary N) is 3. The number of hydrogen-bond acceptors (Lipinski definition) is 9. The van der Waals surface area contributed by atoms with Crippen LogP contribution in [0.4, 0.5) is 0 Å². The maximum absolute atomic E-state index is 14.5. The first-order chi connectivity index (χ1) is 27.1. The van der Waals surface area contributed by atoms with Gasteiger partial charge in [0, 0.05) is 38.8 Å². The molecule has 0 aromatic heterocycles. The highest BCUT2D eigenvalue weighted by Gasteiger charge is 2.57. The fourth-order valence-electron chi connectivity index (χ4n) is 8.50. The van der Waals surface area contributed by atoms with Crippen molar-refractivity contribution in [3.8, 4) is 0 Å². The van der Waals surface area contributed by atoms with Crippen molar-refractivity contribution < 1.29 is 38.2 Å². The summed E-state index contributed by atoms with van der Waals surface area (Å²) in [6, 6.07) is 4.05. The van der Waals surface area contributed by atoms with E-state index in [0.717, 1.165) is 12.8 Å². The largest absolute Gasteiger partial charge is 0.458 e. The van der Waals surface area contributed by atoms with Crippen LogP contribution in [0, 0.1) is 29.6 Å². The first kappa shape index (κ1) is 49.1. The number of halogens is 1. The lowest BCUT2D eigenvalue weighted by molar-refractivity contribution is -0.159. The number of amides is 4. The topological polar surface area (TPSA) is 156 Å². The van der Waals surface area contributed by atoms with Gasteiger partial charge in [0.15, 0.2) is 0 Å². The number of nitrogens with zero attached hydrogens (tertiary/aromatic N) is 2.